The predicted molar refractivity (Wildman–Crippen MR) is 85.2 cm³/mol. The number of aliphatic hydroxyl groups is 1. The van der Waals surface area contributed by atoms with Gasteiger partial charge in [-0.25, -0.2) is 0 Å². The molecule has 2 atom stereocenters. The van der Waals surface area contributed by atoms with Gasteiger partial charge in [-0.05, 0) is 50.1 Å². The fraction of sp³-hybridized carbons (Fsp3) is 0.500. The smallest absolute Gasteiger partial charge is 0.132 e. The second-order valence-corrected chi connectivity index (χ2v) is 6.06. The van der Waals surface area contributed by atoms with E-state index in [2.05, 4.69) is 16.0 Å². The molecule has 0 radical (unpaired) electrons. The molecule has 0 spiro atoms. The van der Waals surface area contributed by atoms with Crippen LogP contribution in [0.2, 0.25) is 0 Å². The molecule has 0 saturated carbocycles. The Labute approximate surface area is 131 Å². The van der Waals surface area contributed by atoms with E-state index in [1.165, 1.54) is 19.3 Å². The van der Waals surface area contributed by atoms with Crippen LogP contribution in [0.25, 0.3) is 0 Å². The Morgan fingerprint density at radius 3 is 2.95 bits per heavy atom. The number of nitrogens with zero attached hydrogens (tertiary/aromatic N) is 2. The highest BCUT2D eigenvalue weighted by atomic mass is 16.4. The van der Waals surface area contributed by atoms with Gasteiger partial charge in [0.15, 0.2) is 0 Å². The number of pyridine rings is 1. The summed E-state index contributed by atoms with van der Waals surface area (Å²) in [6.07, 6.45) is 8.52. The normalized spacial score (nSPS) is 21.4. The van der Waals surface area contributed by atoms with Gasteiger partial charge >= 0.3 is 0 Å². The van der Waals surface area contributed by atoms with Crippen LogP contribution in [-0.2, 0) is 6.54 Å². The minimum absolute atomic E-state index is 0.379. The van der Waals surface area contributed by atoms with Gasteiger partial charge in [-0.1, -0.05) is 18.9 Å². The van der Waals surface area contributed by atoms with Gasteiger partial charge in [0.1, 0.15) is 11.9 Å². The van der Waals surface area contributed by atoms with Crippen LogP contribution in [0, 0.1) is 0 Å². The molecule has 0 bridgehead atoms. The van der Waals surface area contributed by atoms with Gasteiger partial charge in [0, 0.05) is 18.8 Å². The van der Waals surface area contributed by atoms with Crippen molar-refractivity contribution in [2.24, 2.45) is 0 Å². The summed E-state index contributed by atoms with van der Waals surface area (Å²) in [4.78, 5) is 6.92. The van der Waals surface area contributed by atoms with E-state index in [1.54, 1.807) is 6.26 Å². The van der Waals surface area contributed by atoms with Crippen LogP contribution in [-0.4, -0.2) is 27.6 Å². The number of furan rings is 1. The van der Waals surface area contributed by atoms with Crippen LogP contribution in [0.4, 0.5) is 0 Å². The summed E-state index contributed by atoms with van der Waals surface area (Å²) in [5, 5.41) is 10.4. The number of aromatic nitrogens is 1. The van der Waals surface area contributed by atoms with Crippen molar-refractivity contribution in [2.45, 2.75) is 50.8 Å². The molecule has 3 heterocycles. The Hall–Kier alpha value is -1.65. The van der Waals surface area contributed by atoms with Crippen LogP contribution in [0.1, 0.15) is 49.7 Å². The summed E-state index contributed by atoms with van der Waals surface area (Å²) in [6.45, 7) is 1.93. The van der Waals surface area contributed by atoms with E-state index in [-0.39, 0.29) is 0 Å². The lowest BCUT2D eigenvalue weighted by molar-refractivity contribution is 0.0825. The molecule has 1 N–H and O–H groups in total. The second-order valence-electron chi connectivity index (χ2n) is 6.06. The standard InChI is InChI=1S/C18H24N2O2/c21-17(18-9-6-12-22-18)13-16-8-2-1-5-11-20(16)14-15-7-3-4-10-19-15/h3-4,6-7,9-10,12,16-17,21H,1-2,5,8,11,13-14H2/t16-,17-/m0/s1. The van der Waals surface area contributed by atoms with E-state index in [0.717, 1.165) is 31.6 Å². The van der Waals surface area contributed by atoms with Gasteiger partial charge in [0.25, 0.3) is 0 Å². The maximum atomic E-state index is 10.4. The van der Waals surface area contributed by atoms with Gasteiger partial charge in [0.05, 0.1) is 12.0 Å². The highest BCUT2D eigenvalue weighted by molar-refractivity contribution is 5.05. The summed E-state index contributed by atoms with van der Waals surface area (Å²) in [7, 11) is 0. The summed E-state index contributed by atoms with van der Waals surface area (Å²) >= 11 is 0. The molecule has 0 unspecified atom stereocenters. The fourth-order valence-electron chi connectivity index (χ4n) is 3.27. The molecule has 4 nitrogen and oxygen atoms in total. The zero-order chi connectivity index (χ0) is 15.2. The Bertz CT molecular complexity index is 541. The molecule has 118 valence electrons. The first-order chi connectivity index (χ1) is 10.8. The summed E-state index contributed by atoms with van der Waals surface area (Å²) < 4.78 is 5.34. The Morgan fingerprint density at radius 1 is 1.23 bits per heavy atom. The summed E-state index contributed by atoms with van der Waals surface area (Å²) in [6, 6.07) is 10.1. The maximum absolute atomic E-state index is 10.4. The number of hydrogen-bond acceptors (Lipinski definition) is 4. The first-order valence-electron chi connectivity index (χ1n) is 8.18. The molecule has 0 amide bonds. The number of hydrogen-bond donors (Lipinski definition) is 1. The molecule has 1 fully saturated rings. The van der Waals surface area contributed by atoms with Crippen LogP contribution >= 0.6 is 0 Å². The molecule has 22 heavy (non-hydrogen) atoms. The Kier molecular flexibility index (Phi) is 5.24. The van der Waals surface area contributed by atoms with Crippen molar-refractivity contribution in [1.29, 1.82) is 0 Å². The van der Waals surface area contributed by atoms with Crippen LogP contribution in [0.3, 0.4) is 0 Å². The second kappa shape index (κ2) is 7.56. The third-order valence-electron chi connectivity index (χ3n) is 4.46. The first kappa shape index (κ1) is 15.3. The quantitative estimate of drug-likeness (QED) is 0.917. The largest absolute Gasteiger partial charge is 0.467 e. The van der Waals surface area contributed by atoms with Crippen molar-refractivity contribution in [3.05, 3.63) is 54.2 Å². The average molecular weight is 300 g/mol. The van der Waals surface area contributed by atoms with Crippen molar-refractivity contribution < 1.29 is 9.52 Å². The Morgan fingerprint density at radius 2 is 2.18 bits per heavy atom. The minimum Gasteiger partial charge on any atom is -0.467 e. The minimum atomic E-state index is -0.524. The van der Waals surface area contributed by atoms with Gasteiger partial charge in [0.2, 0.25) is 0 Å². The predicted octanol–water partition coefficient (Wildman–Crippen LogP) is 3.54. The number of rotatable bonds is 5. The monoisotopic (exact) mass is 300 g/mol. The lowest BCUT2D eigenvalue weighted by Crippen LogP contribution is -2.35. The van der Waals surface area contributed by atoms with Crippen molar-refractivity contribution in [3.8, 4) is 0 Å². The lowest BCUT2D eigenvalue weighted by atomic mass is 10.0. The van der Waals surface area contributed by atoms with Crippen LogP contribution < -0.4 is 0 Å². The van der Waals surface area contributed by atoms with E-state index >= 15 is 0 Å². The highest BCUT2D eigenvalue weighted by Crippen LogP contribution is 2.27. The van der Waals surface area contributed by atoms with Crippen LogP contribution in [0.15, 0.2) is 47.2 Å². The van der Waals surface area contributed by atoms with E-state index in [0.29, 0.717) is 11.8 Å². The summed E-state index contributed by atoms with van der Waals surface area (Å²) in [5.74, 6) is 0.669. The average Bonchev–Trinajstić information content (AvgIpc) is 3.00. The lowest BCUT2D eigenvalue weighted by Gasteiger charge is -2.30. The van der Waals surface area contributed by atoms with Gasteiger partial charge in [-0.15, -0.1) is 0 Å². The van der Waals surface area contributed by atoms with Crippen LogP contribution in [0.5, 0.6) is 0 Å². The zero-order valence-electron chi connectivity index (χ0n) is 12.9. The van der Waals surface area contributed by atoms with Gasteiger partial charge in [-0.2, -0.15) is 0 Å². The highest BCUT2D eigenvalue weighted by Gasteiger charge is 2.25. The van der Waals surface area contributed by atoms with Gasteiger partial charge < -0.3 is 9.52 Å². The summed E-state index contributed by atoms with van der Waals surface area (Å²) in [5.41, 5.74) is 1.10. The maximum Gasteiger partial charge on any atom is 0.132 e. The van der Waals surface area contributed by atoms with Crippen molar-refractivity contribution >= 4 is 0 Å². The topological polar surface area (TPSA) is 49.5 Å². The molecule has 0 aromatic carbocycles. The zero-order valence-corrected chi connectivity index (χ0v) is 12.9. The van der Waals surface area contributed by atoms with Gasteiger partial charge in [-0.3, -0.25) is 9.88 Å². The molecule has 3 rings (SSSR count). The van der Waals surface area contributed by atoms with Crippen molar-refractivity contribution in [1.82, 2.24) is 9.88 Å². The first-order valence-corrected chi connectivity index (χ1v) is 8.18. The Balaban J connectivity index is 1.67. The molecule has 1 aliphatic rings. The molecule has 1 saturated heterocycles. The fourth-order valence-corrected chi connectivity index (χ4v) is 3.27. The van der Waals surface area contributed by atoms with E-state index in [4.69, 9.17) is 4.42 Å². The SMILES string of the molecule is O[C@@H](C[C@@H]1CCCCCN1Cc1ccccn1)c1ccco1. The molecular weight excluding hydrogens is 276 g/mol. The van der Waals surface area contributed by atoms with E-state index < -0.39 is 6.10 Å². The molecule has 0 aliphatic carbocycles. The molecular formula is C18H24N2O2. The van der Waals surface area contributed by atoms with Crippen molar-refractivity contribution in [2.75, 3.05) is 6.54 Å². The molecule has 1 aliphatic heterocycles. The molecule has 2 aromatic heterocycles. The number of likely N-dealkylation sites (tertiary alicyclic amines) is 1. The third-order valence-corrected chi connectivity index (χ3v) is 4.46. The third kappa shape index (κ3) is 3.96. The van der Waals surface area contributed by atoms with E-state index in [1.807, 2.05) is 30.5 Å². The van der Waals surface area contributed by atoms with E-state index in [9.17, 15) is 5.11 Å². The molecule has 2 aromatic rings. The molecule has 4 heteroatoms. The van der Waals surface area contributed by atoms with Crippen molar-refractivity contribution in [3.63, 3.8) is 0 Å². The number of aliphatic hydroxyl groups excluding tert-OH is 1.